The van der Waals surface area contributed by atoms with Gasteiger partial charge in [0.1, 0.15) is 11.6 Å². The van der Waals surface area contributed by atoms with E-state index in [2.05, 4.69) is 47.9 Å². The normalized spacial score (nSPS) is 12.4. The zero-order chi connectivity index (χ0) is 22.6. The van der Waals surface area contributed by atoms with Crippen LogP contribution in [0.15, 0.2) is 48.5 Å². The van der Waals surface area contributed by atoms with Crippen LogP contribution < -0.4 is 15.4 Å². The molecule has 0 saturated carbocycles. The number of nitrogens with one attached hydrogen (secondary N) is 2. The molecule has 1 atom stereocenters. The van der Waals surface area contributed by atoms with E-state index in [1.807, 2.05) is 32.0 Å². The van der Waals surface area contributed by atoms with E-state index in [9.17, 15) is 13.2 Å². The van der Waals surface area contributed by atoms with E-state index >= 15 is 0 Å². The Kier molecular flexibility index (Phi) is 7.47. The van der Waals surface area contributed by atoms with Gasteiger partial charge in [-0.25, -0.2) is 4.98 Å². The smallest absolute Gasteiger partial charge is 0.406 e. The van der Waals surface area contributed by atoms with Gasteiger partial charge in [0.05, 0.1) is 16.4 Å². The molecule has 2 N–H and O–H groups in total. The fraction of sp³-hybridized carbons (Fsp3) is 0.238. The summed E-state index contributed by atoms with van der Waals surface area (Å²) in [5.74, 6) is 0.467. The molecule has 0 amide bonds. The summed E-state index contributed by atoms with van der Waals surface area (Å²) in [5, 5.41) is 6.87. The second-order valence-corrected chi connectivity index (χ2v) is 8.39. The van der Waals surface area contributed by atoms with E-state index in [0.717, 1.165) is 9.99 Å². The topological polar surface area (TPSA) is 59.1 Å². The van der Waals surface area contributed by atoms with Gasteiger partial charge < -0.3 is 15.4 Å². The van der Waals surface area contributed by atoms with Crippen molar-refractivity contribution in [2.45, 2.75) is 32.7 Å². The van der Waals surface area contributed by atoms with E-state index in [4.69, 9.17) is 11.6 Å². The average molecular weight is 563 g/mol. The van der Waals surface area contributed by atoms with Crippen LogP contribution in [0, 0.1) is 3.57 Å². The first-order valence-corrected chi connectivity index (χ1v) is 10.8. The maximum absolute atomic E-state index is 12.6. The first-order chi connectivity index (χ1) is 14.6. The number of hydrogen-bond donors (Lipinski definition) is 2. The molecule has 0 spiro atoms. The maximum Gasteiger partial charge on any atom is 0.573 e. The first-order valence-electron chi connectivity index (χ1n) is 9.37. The van der Waals surface area contributed by atoms with Crippen molar-refractivity contribution in [3.8, 4) is 17.0 Å². The van der Waals surface area contributed by atoms with Gasteiger partial charge in [-0.1, -0.05) is 30.7 Å². The summed E-state index contributed by atoms with van der Waals surface area (Å²) in [4.78, 5) is 8.96. The Balaban J connectivity index is 2.00. The number of ether oxygens (including phenoxy) is 1. The number of halogens is 5. The van der Waals surface area contributed by atoms with Crippen LogP contribution in [-0.4, -0.2) is 22.4 Å². The Hall–Kier alpha value is -2.27. The SMILES string of the molecule is CC[C@H](C)Nc1nc(Nc2ccc(I)cc2Cl)cc(-c2cccc(OC(F)(F)F)c2)n1. The van der Waals surface area contributed by atoms with Gasteiger partial charge >= 0.3 is 6.36 Å². The van der Waals surface area contributed by atoms with E-state index in [0.29, 0.717) is 33.7 Å². The van der Waals surface area contributed by atoms with E-state index in [1.54, 1.807) is 12.1 Å². The number of nitrogens with zero attached hydrogens (tertiary/aromatic N) is 2. The summed E-state index contributed by atoms with van der Waals surface area (Å²) in [7, 11) is 0. The summed E-state index contributed by atoms with van der Waals surface area (Å²) in [5.41, 5.74) is 1.53. The highest BCUT2D eigenvalue weighted by molar-refractivity contribution is 14.1. The lowest BCUT2D eigenvalue weighted by molar-refractivity contribution is -0.274. The average Bonchev–Trinajstić information content (AvgIpc) is 2.69. The number of rotatable bonds is 7. The van der Waals surface area contributed by atoms with Gasteiger partial charge in [-0.15, -0.1) is 13.2 Å². The van der Waals surface area contributed by atoms with Crippen LogP contribution in [0.5, 0.6) is 5.75 Å². The van der Waals surface area contributed by atoms with Crippen LogP contribution in [0.25, 0.3) is 11.3 Å². The Labute approximate surface area is 196 Å². The zero-order valence-electron chi connectivity index (χ0n) is 16.6. The molecular weight excluding hydrogens is 544 g/mol. The lowest BCUT2D eigenvalue weighted by atomic mass is 10.1. The third-order valence-corrected chi connectivity index (χ3v) is 5.25. The standard InChI is InChI=1S/C21H19ClF3IN4O/c1-3-12(2)27-20-29-18(13-5-4-6-15(9-13)31-21(23,24)25)11-19(30-20)28-17-8-7-14(26)10-16(17)22/h4-12H,3H2,1-2H3,(H2,27,28,29,30)/t12-/m0/s1. The van der Waals surface area contributed by atoms with Crippen LogP contribution in [0.1, 0.15) is 20.3 Å². The molecule has 1 heterocycles. The monoisotopic (exact) mass is 562 g/mol. The molecule has 1 aromatic heterocycles. The van der Waals surface area contributed by atoms with Gasteiger partial charge in [-0.2, -0.15) is 4.98 Å². The van der Waals surface area contributed by atoms with Crippen molar-refractivity contribution in [1.29, 1.82) is 0 Å². The molecule has 0 unspecified atom stereocenters. The minimum atomic E-state index is -4.78. The lowest BCUT2D eigenvalue weighted by Crippen LogP contribution is -2.17. The predicted molar refractivity (Wildman–Crippen MR) is 125 cm³/mol. The van der Waals surface area contributed by atoms with Crippen molar-refractivity contribution >= 4 is 51.6 Å². The molecule has 3 aromatic rings. The second kappa shape index (κ2) is 9.90. The predicted octanol–water partition coefficient (Wildman–Crippen LogP) is 7.25. The Morgan fingerprint density at radius 1 is 1.13 bits per heavy atom. The fourth-order valence-corrected chi connectivity index (χ4v) is 3.53. The van der Waals surface area contributed by atoms with Gasteiger partial charge in [-0.05, 0) is 66.3 Å². The number of anilines is 3. The third kappa shape index (κ3) is 6.86. The quantitative estimate of drug-likeness (QED) is 0.297. The Morgan fingerprint density at radius 2 is 1.90 bits per heavy atom. The highest BCUT2D eigenvalue weighted by Gasteiger charge is 2.31. The van der Waals surface area contributed by atoms with Gasteiger partial charge in [0.25, 0.3) is 0 Å². The minimum Gasteiger partial charge on any atom is -0.406 e. The molecule has 0 aliphatic rings. The van der Waals surface area contributed by atoms with Crippen LogP contribution in [0.4, 0.5) is 30.6 Å². The molecule has 3 rings (SSSR count). The molecule has 164 valence electrons. The van der Waals surface area contributed by atoms with Crippen LogP contribution in [0.2, 0.25) is 5.02 Å². The molecule has 0 saturated heterocycles. The van der Waals surface area contributed by atoms with Crippen molar-refractivity contribution < 1.29 is 17.9 Å². The first kappa shape index (κ1) is 23.4. The van der Waals surface area contributed by atoms with E-state index in [1.165, 1.54) is 18.2 Å². The summed E-state index contributed by atoms with van der Waals surface area (Å²) in [6, 6.07) is 12.9. The zero-order valence-corrected chi connectivity index (χ0v) is 19.5. The van der Waals surface area contributed by atoms with Crippen molar-refractivity contribution in [2.75, 3.05) is 10.6 Å². The third-order valence-electron chi connectivity index (χ3n) is 4.27. The number of benzene rings is 2. The van der Waals surface area contributed by atoms with Crippen molar-refractivity contribution in [2.24, 2.45) is 0 Å². The molecule has 0 radical (unpaired) electrons. The molecule has 10 heteroatoms. The number of alkyl halides is 3. The molecule has 2 aromatic carbocycles. The number of aromatic nitrogens is 2. The molecule has 5 nitrogen and oxygen atoms in total. The van der Waals surface area contributed by atoms with E-state index in [-0.39, 0.29) is 11.8 Å². The van der Waals surface area contributed by atoms with Gasteiger partial charge in [0, 0.05) is 21.2 Å². The fourth-order valence-electron chi connectivity index (χ4n) is 2.63. The Morgan fingerprint density at radius 3 is 2.58 bits per heavy atom. The molecule has 31 heavy (non-hydrogen) atoms. The van der Waals surface area contributed by atoms with Crippen molar-refractivity contribution in [1.82, 2.24) is 9.97 Å². The highest BCUT2D eigenvalue weighted by atomic mass is 127. The van der Waals surface area contributed by atoms with Gasteiger partial charge in [0.15, 0.2) is 0 Å². The largest absolute Gasteiger partial charge is 0.573 e. The lowest BCUT2D eigenvalue weighted by Gasteiger charge is -2.15. The van der Waals surface area contributed by atoms with Gasteiger partial charge in [0.2, 0.25) is 5.95 Å². The molecule has 0 aliphatic carbocycles. The molecule has 0 aliphatic heterocycles. The molecule has 0 bridgehead atoms. The summed E-state index contributed by atoms with van der Waals surface area (Å²) in [6.07, 6.45) is -3.93. The highest BCUT2D eigenvalue weighted by Crippen LogP contribution is 2.31. The minimum absolute atomic E-state index is 0.102. The summed E-state index contributed by atoms with van der Waals surface area (Å²) < 4.78 is 42.9. The van der Waals surface area contributed by atoms with Gasteiger partial charge in [-0.3, -0.25) is 0 Å². The van der Waals surface area contributed by atoms with Crippen molar-refractivity contribution in [3.05, 3.63) is 57.1 Å². The second-order valence-electron chi connectivity index (χ2n) is 6.74. The molecule has 0 fully saturated rings. The van der Waals surface area contributed by atoms with Crippen LogP contribution in [0.3, 0.4) is 0 Å². The maximum atomic E-state index is 12.6. The summed E-state index contributed by atoms with van der Waals surface area (Å²) >= 11 is 8.48. The molecular formula is C21H19ClF3IN4O. The Bertz CT molecular complexity index is 1070. The van der Waals surface area contributed by atoms with Crippen LogP contribution >= 0.6 is 34.2 Å². The van der Waals surface area contributed by atoms with Crippen molar-refractivity contribution in [3.63, 3.8) is 0 Å². The van der Waals surface area contributed by atoms with E-state index < -0.39 is 6.36 Å². The van der Waals surface area contributed by atoms with Crippen LogP contribution in [-0.2, 0) is 0 Å². The number of hydrogen-bond acceptors (Lipinski definition) is 5. The summed E-state index contributed by atoms with van der Waals surface area (Å²) in [6.45, 7) is 4.00.